The van der Waals surface area contributed by atoms with E-state index in [9.17, 15) is 0 Å². The second-order valence-electron chi connectivity index (χ2n) is 7.84. The van der Waals surface area contributed by atoms with Gasteiger partial charge in [-0.15, -0.1) is 0 Å². The Morgan fingerprint density at radius 2 is 1.61 bits per heavy atom. The molecule has 1 N–H and O–H groups in total. The van der Waals surface area contributed by atoms with Crippen molar-refractivity contribution in [1.29, 1.82) is 5.26 Å². The highest BCUT2D eigenvalue weighted by Crippen LogP contribution is 2.65. The maximum Gasteiger partial charge on any atom is 0.0841 e. The van der Waals surface area contributed by atoms with Gasteiger partial charge in [-0.3, -0.25) is 0 Å². The van der Waals surface area contributed by atoms with Crippen molar-refractivity contribution in [3.8, 4) is 6.07 Å². The second kappa shape index (κ2) is 4.23. The van der Waals surface area contributed by atoms with Gasteiger partial charge in [0, 0.05) is 6.54 Å². The van der Waals surface area contributed by atoms with E-state index in [0.717, 1.165) is 24.3 Å². The summed E-state index contributed by atoms with van der Waals surface area (Å²) in [6, 6.07) is 2.20. The molecule has 0 spiro atoms. The third-order valence-corrected chi connectivity index (χ3v) is 6.24. The van der Waals surface area contributed by atoms with Crippen molar-refractivity contribution in [2.24, 2.45) is 28.6 Å². The summed E-state index contributed by atoms with van der Waals surface area (Å²) in [5.74, 6) is 3.06. The van der Waals surface area contributed by atoms with E-state index in [1.54, 1.807) is 0 Å². The van der Waals surface area contributed by atoms with Gasteiger partial charge in [0.15, 0.2) is 0 Å². The summed E-state index contributed by atoms with van der Waals surface area (Å²) < 4.78 is 0. The molecular weight excluding hydrogens is 220 g/mol. The molecule has 0 aromatic heterocycles. The Bertz CT molecular complexity index is 328. The summed E-state index contributed by atoms with van der Waals surface area (Å²) in [5, 5.41) is 12.0. The molecule has 4 bridgehead atoms. The first-order valence-electron chi connectivity index (χ1n) is 7.62. The number of rotatable bonds is 4. The fourth-order valence-electron chi connectivity index (χ4n) is 5.56. The van der Waals surface area contributed by atoms with Crippen LogP contribution in [0.25, 0.3) is 0 Å². The zero-order valence-electron chi connectivity index (χ0n) is 11.8. The molecule has 100 valence electrons. The van der Waals surface area contributed by atoms with Gasteiger partial charge in [-0.05, 0) is 67.1 Å². The van der Waals surface area contributed by atoms with Gasteiger partial charge in [-0.1, -0.05) is 13.8 Å². The lowest BCUT2D eigenvalue weighted by Gasteiger charge is -2.62. The van der Waals surface area contributed by atoms with Gasteiger partial charge in [0.2, 0.25) is 0 Å². The van der Waals surface area contributed by atoms with Gasteiger partial charge in [-0.2, -0.15) is 5.26 Å². The Kier molecular flexibility index (Phi) is 2.94. The molecule has 0 unspecified atom stereocenters. The Labute approximate surface area is 111 Å². The highest BCUT2D eigenvalue weighted by atomic mass is 14.9. The molecule has 0 atom stereocenters. The quantitative estimate of drug-likeness (QED) is 0.610. The van der Waals surface area contributed by atoms with Crippen molar-refractivity contribution in [1.82, 2.24) is 5.32 Å². The first-order valence-corrected chi connectivity index (χ1v) is 7.62. The van der Waals surface area contributed by atoms with Crippen LogP contribution in [0.2, 0.25) is 0 Å². The Morgan fingerprint density at radius 1 is 1.11 bits per heavy atom. The Morgan fingerprint density at radius 3 is 2.06 bits per heavy atom. The van der Waals surface area contributed by atoms with Crippen LogP contribution in [0.5, 0.6) is 0 Å². The normalized spacial score (nSPS) is 41.9. The molecule has 18 heavy (non-hydrogen) atoms. The number of nitrogens with one attached hydrogen (secondary N) is 1. The monoisotopic (exact) mass is 246 g/mol. The van der Waals surface area contributed by atoms with Crippen LogP contribution in [0.3, 0.4) is 0 Å². The minimum atomic E-state index is 0.347. The summed E-state index contributed by atoms with van der Waals surface area (Å²) in [6.45, 7) is 6.37. The molecule has 4 fully saturated rings. The van der Waals surface area contributed by atoms with Crippen LogP contribution in [0.4, 0.5) is 0 Å². The van der Waals surface area contributed by atoms with Gasteiger partial charge < -0.3 is 5.32 Å². The van der Waals surface area contributed by atoms with E-state index in [1.165, 1.54) is 38.5 Å². The Balaban J connectivity index is 1.76. The predicted molar refractivity (Wildman–Crippen MR) is 72.9 cm³/mol. The molecule has 0 aliphatic heterocycles. The third-order valence-electron chi connectivity index (χ3n) is 6.24. The van der Waals surface area contributed by atoms with Crippen LogP contribution in [0, 0.1) is 39.9 Å². The number of hydrogen-bond acceptors (Lipinski definition) is 2. The highest BCUT2D eigenvalue weighted by Gasteiger charge is 2.56. The molecule has 2 nitrogen and oxygen atoms in total. The molecule has 4 saturated carbocycles. The van der Waals surface area contributed by atoms with Gasteiger partial charge in [0.25, 0.3) is 0 Å². The summed E-state index contributed by atoms with van der Waals surface area (Å²) >= 11 is 0. The van der Waals surface area contributed by atoms with Crippen LogP contribution in [0.15, 0.2) is 0 Å². The standard InChI is InChI=1S/C16H26N2/c1-15(2,11-18-4-3-17)16-8-12-5-13(9-16)7-14(6-12)10-16/h12-14,18H,4-11H2,1-2H3. The summed E-state index contributed by atoms with van der Waals surface area (Å²) in [6.07, 6.45) is 8.92. The van der Waals surface area contributed by atoms with Crippen LogP contribution in [-0.2, 0) is 0 Å². The van der Waals surface area contributed by atoms with Crippen molar-refractivity contribution < 1.29 is 0 Å². The van der Waals surface area contributed by atoms with Gasteiger partial charge >= 0.3 is 0 Å². The lowest BCUT2D eigenvalue weighted by Crippen LogP contribution is -2.55. The van der Waals surface area contributed by atoms with E-state index in [4.69, 9.17) is 5.26 Å². The minimum absolute atomic E-state index is 0.347. The maximum atomic E-state index is 8.68. The summed E-state index contributed by atoms with van der Waals surface area (Å²) in [7, 11) is 0. The SMILES string of the molecule is CC(C)(CNCC#N)C12CC3CC(CC(C3)C1)C2. The van der Waals surface area contributed by atoms with E-state index in [-0.39, 0.29) is 0 Å². The lowest BCUT2D eigenvalue weighted by atomic mass is 9.43. The van der Waals surface area contributed by atoms with Gasteiger partial charge in [0.1, 0.15) is 0 Å². The zero-order valence-corrected chi connectivity index (χ0v) is 11.8. The van der Waals surface area contributed by atoms with E-state index >= 15 is 0 Å². The fourth-order valence-corrected chi connectivity index (χ4v) is 5.56. The molecule has 4 aliphatic rings. The highest BCUT2D eigenvalue weighted by molar-refractivity contribution is 5.07. The molecule has 0 heterocycles. The van der Waals surface area contributed by atoms with Crippen LogP contribution < -0.4 is 5.32 Å². The molecule has 0 saturated heterocycles. The van der Waals surface area contributed by atoms with Crippen molar-refractivity contribution in [2.75, 3.05) is 13.1 Å². The summed E-state index contributed by atoms with van der Waals surface area (Å²) in [5.41, 5.74) is 0.921. The molecule has 0 amide bonds. The minimum Gasteiger partial charge on any atom is -0.304 e. The van der Waals surface area contributed by atoms with Gasteiger partial charge in [0.05, 0.1) is 12.6 Å². The zero-order chi connectivity index (χ0) is 12.8. The Hall–Kier alpha value is -0.550. The van der Waals surface area contributed by atoms with Gasteiger partial charge in [-0.25, -0.2) is 0 Å². The lowest BCUT2D eigenvalue weighted by molar-refractivity contribution is -0.118. The van der Waals surface area contributed by atoms with Crippen molar-refractivity contribution in [3.63, 3.8) is 0 Å². The largest absolute Gasteiger partial charge is 0.304 e. The second-order valence-corrected chi connectivity index (χ2v) is 7.84. The maximum absolute atomic E-state index is 8.68. The van der Waals surface area contributed by atoms with Crippen LogP contribution in [-0.4, -0.2) is 13.1 Å². The average Bonchev–Trinajstić information content (AvgIpc) is 2.27. The fraction of sp³-hybridized carbons (Fsp3) is 0.938. The molecule has 2 heteroatoms. The molecule has 4 aliphatic carbocycles. The van der Waals surface area contributed by atoms with Crippen molar-refractivity contribution >= 4 is 0 Å². The van der Waals surface area contributed by atoms with Crippen LogP contribution >= 0.6 is 0 Å². The molecule has 0 aromatic rings. The molecule has 0 aromatic carbocycles. The number of nitrogens with zero attached hydrogens (tertiary/aromatic N) is 1. The molecule has 0 radical (unpaired) electrons. The first kappa shape index (κ1) is 12.5. The average molecular weight is 246 g/mol. The first-order chi connectivity index (χ1) is 8.55. The number of nitriles is 1. The van der Waals surface area contributed by atoms with Crippen LogP contribution in [0.1, 0.15) is 52.4 Å². The third kappa shape index (κ3) is 1.88. The van der Waals surface area contributed by atoms with E-state index in [1.807, 2.05) is 0 Å². The molecule has 4 rings (SSSR count). The number of hydrogen-bond donors (Lipinski definition) is 1. The topological polar surface area (TPSA) is 35.8 Å². The summed E-state index contributed by atoms with van der Waals surface area (Å²) in [4.78, 5) is 0. The van der Waals surface area contributed by atoms with E-state index < -0.39 is 0 Å². The van der Waals surface area contributed by atoms with Crippen molar-refractivity contribution in [3.05, 3.63) is 0 Å². The van der Waals surface area contributed by atoms with E-state index in [0.29, 0.717) is 17.4 Å². The van der Waals surface area contributed by atoms with Crippen molar-refractivity contribution in [2.45, 2.75) is 52.4 Å². The molecular formula is C16H26N2. The smallest absolute Gasteiger partial charge is 0.0841 e. The van der Waals surface area contributed by atoms with E-state index in [2.05, 4.69) is 25.2 Å². The predicted octanol–water partition coefficient (Wildman–Crippen LogP) is 3.34.